The summed E-state index contributed by atoms with van der Waals surface area (Å²) in [5.41, 5.74) is 10.6. The predicted octanol–water partition coefficient (Wildman–Crippen LogP) is 14.5. The highest BCUT2D eigenvalue weighted by Crippen LogP contribution is 2.46. The predicted molar refractivity (Wildman–Crippen MR) is 307 cm³/mol. The molecule has 11 rings (SSSR count). The van der Waals surface area contributed by atoms with Gasteiger partial charge < -0.3 is 14.5 Å². The van der Waals surface area contributed by atoms with E-state index in [0.717, 1.165) is 39.4 Å². The molecule has 0 N–H and O–H groups in total. The van der Waals surface area contributed by atoms with Gasteiger partial charge in [-0.05, 0) is 120 Å². The Kier molecular flexibility index (Phi) is 11.6. The van der Waals surface area contributed by atoms with E-state index in [4.69, 9.17) is 9.72 Å². The van der Waals surface area contributed by atoms with Gasteiger partial charge in [0.05, 0.1) is 22.4 Å². The normalized spacial score (nSPS) is 13.2. The van der Waals surface area contributed by atoms with E-state index >= 15 is 0 Å². The maximum absolute atomic E-state index is 6.94. The first-order chi connectivity index (χ1) is 34.6. The lowest BCUT2D eigenvalue weighted by molar-refractivity contribution is 0.483. The highest BCUT2D eigenvalue weighted by Gasteiger charge is 2.42. The first kappa shape index (κ1) is 46.7. The molecule has 5 nitrogen and oxygen atoms in total. The highest BCUT2D eigenvalue weighted by atomic mass is 28.3. The standard InChI is InChI=1S/C66H64N4OSi/c1-64(2,3)46-36-37-67-63(41-46)70-61-43-52(32-34-57(61)58-35-33-56(44-62(58)70)72(53-24-13-10-14-25-53,54-26-15-11-16-27-54)55-28-17-12-18-29-55)71-51-23-21-22-49(42-51)68-45-69(60-31-20-19-30-59(60)68)50-39-47(65(4,5)6)38-48(40-50)66(7,8)9/h10-44H,45H2,1-9H3. The van der Waals surface area contributed by atoms with Gasteiger partial charge in [0.25, 0.3) is 0 Å². The second kappa shape index (κ2) is 17.9. The average molecular weight is 957 g/mol. The van der Waals surface area contributed by atoms with Gasteiger partial charge in [0, 0.05) is 40.5 Å². The van der Waals surface area contributed by atoms with Gasteiger partial charge in [-0.25, -0.2) is 4.98 Å². The van der Waals surface area contributed by atoms with Crippen LogP contribution < -0.4 is 35.3 Å². The molecule has 1 aliphatic heterocycles. The van der Waals surface area contributed by atoms with E-state index in [2.05, 4.69) is 283 Å². The van der Waals surface area contributed by atoms with E-state index in [-0.39, 0.29) is 16.2 Å². The van der Waals surface area contributed by atoms with Crippen LogP contribution in [0.2, 0.25) is 0 Å². The van der Waals surface area contributed by atoms with Crippen LogP contribution in [0.25, 0.3) is 27.6 Å². The molecule has 0 unspecified atom stereocenters. The molecule has 6 heteroatoms. The summed E-state index contributed by atoms with van der Waals surface area (Å²) in [6, 6.07) is 76.0. The summed E-state index contributed by atoms with van der Waals surface area (Å²) in [6.07, 6.45) is 1.96. The van der Waals surface area contributed by atoms with Crippen molar-refractivity contribution in [1.29, 1.82) is 0 Å². The third-order valence-electron chi connectivity index (χ3n) is 14.7. The monoisotopic (exact) mass is 956 g/mol. The number of aromatic nitrogens is 2. The number of hydrogen-bond acceptors (Lipinski definition) is 4. The molecule has 0 saturated heterocycles. The van der Waals surface area contributed by atoms with Gasteiger partial charge in [-0.2, -0.15) is 0 Å². The molecule has 0 spiro atoms. The van der Waals surface area contributed by atoms with Crippen LogP contribution in [-0.2, 0) is 16.2 Å². The molecular formula is C66H64N4OSi. The van der Waals surface area contributed by atoms with Gasteiger partial charge in [-0.3, -0.25) is 4.57 Å². The molecule has 10 aromatic rings. The maximum atomic E-state index is 6.94. The molecule has 1 aliphatic rings. The van der Waals surface area contributed by atoms with Gasteiger partial charge in [0.2, 0.25) is 0 Å². The number of benzene rings is 8. The Labute approximate surface area is 427 Å². The third-order valence-corrected chi connectivity index (χ3v) is 19.5. The topological polar surface area (TPSA) is 33.5 Å². The number of fused-ring (bicyclic) bond motifs is 4. The lowest BCUT2D eigenvalue weighted by Gasteiger charge is -2.34. The van der Waals surface area contributed by atoms with Crippen LogP contribution in [0.1, 0.15) is 79.0 Å². The molecule has 8 aromatic carbocycles. The average Bonchev–Trinajstić information content (AvgIpc) is 3.93. The molecule has 3 heterocycles. The quantitative estimate of drug-likeness (QED) is 0.107. The van der Waals surface area contributed by atoms with Crippen LogP contribution in [-0.4, -0.2) is 24.3 Å². The number of para-hydroxylation sites is 2. The number of nitrogens with zero attached hydrogens (tertiary/aromatic N) is 4. The molecule has 0 fully saturated rings. The number of ether oxygens (including phenoxy) is 1. The summed E-state index contributed by atoms with van der Waals surface area (Å²) in [6.45, 7) is 21.3. The summed E-state index contributed by atoms with van der Waals surface area (Å²) in [7, 11) is -2.84. The molecular weight excluding hydrogens is 893 g/mol. The molecule has 72 heavy (non-hydrogen) atoms. The van der Waals surface area contributed by atoms with E-state index in [0.29, 0.717) is 6.67 Å². The summed E-state index contributed by atoms with van der Waals surface area (Å²) >= 11 is 0. The zero-order valence-corrected chi connectivity index (χ0v) is 44.1. The molecule has 358 valence electrons. The van der Waals surface area contributed by atoms with Crippen LogP contribution in [0.4, 0.5) is 22.7 Å². The molecule has 0 bridgehead atoms. The molecule has 0 radical (unpaired) electrons. The van der Waals surface area contributed by atoms with Gasteiger partial charge in [0.15, 0.2) is 8.07 Å². The van der Waals surface area contributed by atoms with Crippen molar-refractivity contribution in [3.63, 3.8) is 0 Å². The Morgan fingerprint density at radius 3 is 1.46 bits per heavy atom. The fourth-order valence-corrected chi connectivity index (χ4v) is 15.5. The Morgan fingerprint density at radius 1 is 0.403 bits per heavy atom. The summed E-state index contributed by atoms with van der Waals surface area (Å²) < 4.78 is 9.31. The third kappa shape index (κ3) is 8.37. The summed E-state index contributed by atoms with van der Waals surface area (Å²) in [5, 5.41) is 7.63. The minimum atomic E-state index is -2.84. The van der Waals surface area contributed by atoms with Crippen molar-refractivity contribution in [3.05, 3.63) is 229 Å². The second-order valence-electron chi connectivity index (χ2n) is 22.6. The minimum absolute atomic E-state index is 0.00839. The summed E-state index contributed by atoms with van der Waals surface area (Å²) in [5.74, 6) is 2.41. The number of rotatable bonds is 9. The Bertz CT molecular complexity index is 3470. The molecule has 0 aliphatic carbocycles. The first-order valence-corrected chi connectivity index (χ1v) is 27.4. The Hall–Kier alpha value is -7.67. The Balaban J connectivity index is 1.03. The van der Waals surface area contributed by atoms with Crippen molar-refractivity contribution in [3.8, 4) is 17.3 Å². The van der Waals surface area contributed by atoms with Crippen LogP contribution in [0, 0.1) is 0 Å². The SMILES string of the molecule is CC(C)(C)c1cc(N2CN(c3cccc(Oc4ccc5c6ccc([Si](c7ccccc7)(c7ccccc7)c7ccccc7)cc6n(-c6cc(C(C)(C)C)ccn6)c5c4)c3)c3ccccc32)cc(C(C)(C)C)c1. The maximum Gasteiger partial charge on any atom is 0.179 e. The smallest absolute Gasteiger partial charge is 0.179 e. The van der Waals surface area contributed by atoms with Crippen molar-refractivity contribution in [2.24, 2.45) is 0 Å². The number of pyridine rings is 1. The van der Waals surface area contributed by atoms with Gasteiger partial charge in [-0.1, -0.05) is 190 Å². The fourth-order valence-electron chi connectivity index (χ4n) is 10.8. The molecule has 0 atom stereocenters. The largest absolute Gasteiger partial charge is 0.457 e. The van der Waals surface area contributed by atoms with Crippen LogP contribution in [0.15, 0.2) is 212 Å². The first-order valence-electron chi connectivity index (χ1n) is 25.4. The number of anilines is 4. The number of hydrogen-bond donors (Lipinski definition) is 0. The van der Waals surface area contributed by atoms with Gasteiger partial charge >= 0.3 is 0 Å². The molecule has 0 saturated carbocycles. The van der Waals surface area contributed by atoms with Gasteiger partial charge in [0.1, 0.15) is 24.0 Å². The van der Waals surface area contributed by atoms with E-state index in [1.165, 1.54) is 59.9 Å². The second-order valence-corrected chi connectivity index (χ2v) is 26.4. The van der Waals surface area contributed by atoms with E-state index in [1.807, 2.05) is 6.20 Å². The van der Waals surface area contributed by atoms with E-state index in [9.17, 15) is 0 Å². The Morgan fingerprint density at radius 2 is 0.903 bits per heavy atom. The van der Waals surface area contributed by atoms with E-state index in [1.54, 1.807) is 0 Å². The van der Waals surface area contributed by atoms with Crippen LogP contribution >= 0.6 is 0 Å². The zero-order chi connectivity index (χ0) is 50.0. The lowest BCUT2D eigenvalue weighted by atomic mass is 9.80. The fraction of sp³-hybridized carbons (Fsp3) is 0.197. The van der Waals surface area contributed by atoms with Crippen LogP contribution in [0.3, 0.4) is 0 Å². The molecule has 0 amide bonds. The van der Waals surface area contributed by atoms with E-state index < -0.39 is 8.07 Å². The van der Waals surface area contributed by atoms with Crippen molar-refractivity contribution in [2.45, 2.75) is 78.6 Å². The van der Waals surface area contributed by atoms with Crippen molar-refractivity contribution < 1.29 is 4.74 Å². The van der Waals surface area contributed by atoms with Crippen LogP contribution in [0.5, 0.6) is 11.5 Å². The zero-order valence-electron chi connectivity index (χ0n) is 43.1. The van der Waals surface area contributed by atoms with Gasteiger partial charge in [-0.15, -0.1) is 0 Å². The minimum Gasteiger partial charge on any atom is -0.457 e. The summed E-state index contributed by atoms with van der Waals surface area (Å²) in [4.78, 5) is 10.00. The van der Waals surface area contributed by atoms with Crippen molar-refractivity contribution in [1.82, 2.24) is 9.55 Å². The van der Waals surface area contributed by atoms with Crippen molar-refractivity contribution >= 4 is 73.4 Å². The van der Waals surface area contributed by atoms with Crippen molar-refractivity contribution in [2.75, 3.05) is 16.5 Å². The highest BCUT2D eigenvalue weighted by molar-refractivity contribution is 7.20. The molecule has 2 aromatic heterocycles. The lowest BCUT2D eigenvalue weighted by Crippen LogP contribution is -2.74.